The Morgan fingerprint density at radius 1 is 1.45 bits per heavy atom. The number of hydrogen-bond acceptors (Lipinski definition) is 3. The van der Waals surface area contributed by atoms with Crippen molar-refractivity contribution in [3.05, 3.63) is 35.1 Å². The number of primary amides is 1. The SMILES string of the molecule is CC(C)N(CC(N)=O)Cc1cc(F)cc(C#CCO)c1. The van der Waals surface area contributed by atoms with Crippen molar-refractivity contribution in [1.82, 2.24) is 4.90 Å². The summed E-state index contributed by atoms with van der Waals surface area (Å²) < 4.78 is 13.5. The van der Waals surface area contributed by atoms with Crippen LogP contribution in [0.5, 0.6) is 0 Å². The number of hydrogen-bond donors (Lipinski definition) is 2. The van der Waals surface area contributed by atoms with Crippen LogP contribution >= 0.6 is 0 Å². The van der Waals surface area contributed by atoms with Gasteiger partial charge < -0.3 is 10.8 Å². The van der Waals surface area contributed by atoms with Crippen molar-refractivity contribution in [2.75, 3.05) is 13.2 Å². The van der Waals surface area contributed by atoms with Crippen LogP contribution in [0.15, 0.2) is 18.2 Å². The van der Waals surface area contributed by atoms with Crippen molar-refractivity contribution in [2.45, 2.75) is 26.4 Å². The molecule has 1 amide bonds. The number of benzene rings is 1. The molecular formula is C15H19FN2O2. The lowest BCUT2D eigenvalue weighted by Crippen LogP contribution is -2.38. The Balaban J connectivity index is 2.94. The van der Waals surface area contributed by atoms with Crippen LogP contribution in [0.4, 0.5) is 4.39 Å². The maximum Gasteiger partial charge on any atom is 0.231 e. The van der Waals surface area contributed by atoms with Gasteiger partial charge in [0.25, 0.3) is 0 Å². The van der Waals surface area contributed by atoms with Gasteiger partial charge in [-0.25, -0.2) is 4.39 Å². The first-order valence-corrected chi connectivity index (χ1v) is 6.34. The summed E-state index contributed by atoms with van der Waals surface area (Å²) in [6.45, 7) is 4.13. The highest BCUT2D eigenvalue weighted by molar-refractivity contribution is 5.75. The van der Waals surface area contributed by atoms with Crippen LogP contribution in [0.3, 0.4) is 0 Å². The monoisotopic (exact) mass is 278 g/mol. The van der Waals surface area contributed by atoms with E-state index in [1.165, 1.54) is 12.1 Å². The fraction of sp³-hybridized carbons (Fsp3) is 0.400. The largest absolute Gasteiger partial charge is 0.384 e. The molecule has 1 aromatic carbocycles. The predicted octanol–water partition coefficient (Wildman–Crippen LogP) is 0.865. The molecule has 0 saturated carbocycles. The Hall–Kier alpha value is -1.90. The van der Waals surface area contributed by atoms with E-state index in [0.717, 1.165) is 0 Å². The highest BCUT2D eigenvalue weighted by atomic mass is 19.1. The van der Waals surface area contributed by atoms with Gasteiger partial charge in [-0.2, -0.15) is 0 Å². The zero-order valence-corrected chi connectivity index (χ0v) is 11.7. The maximum atomic E-state index is 13.5. The fourth-order valence-corrected chi connectivity index (χ4v) is 1.81. The van der Waals surface area contributed by atoms with Crippen molar-refractivity contribution >= 4 is 5.91 Å². The molecule has 3 N–H and O–H groups in total. The van der Waals surface area contributed by atoms with E-state index in [-0.39, 0.29) is 19.2 Å². The third-order valence-electron chi connectivity index (χ3n) is 2.74. The van der Waals surface area contributed by atoms with Crippen molar-refractivity contribution in [1.29, 1.82) is 0 Å². The molecule has 0 spiro atoms. The second-order valence-electron chi connectivity index (χ2n) is 4.77. The molecule has 0 bridgehead atoms. The molecule has 0 aromatic heterocycles. The number of carbonyl (C=O) groups is 1. The fourth-order valence-electron chi connectivity index (χ4n) is 1.81. The van der Waals surface area contributed by atoms with Crippen LogP contribution in [0.2, 0.25) is 0 Å². The van der Waals surface area contributed by atoms with E-state index in [1.54, 1.807) is 6.07 Å². The molecule has 0 heterocycles. The third-order valence-corrected chi connectivity index (χ3v) is 2.74. The summed E-state index contributed by atoms with van der Waals surface area (Å²) in [6, 6.07) is 4.56. The van der Waals surface area contributed by atoms with Gasteiger partial charge in [0.2, 0.25) is 5.91 Å². The van der Waals surface area contributed by atoms with Gasteiger partial charge in [0, 0.05) is 18.2 Å². The minimum Gasteiger partial charge on any atom is -0.384 e. The maximum absolute atomic E-state index is 13.5. The summed E-state index contributed by atoms with van der Waals surface area (Å²) in [7, 11) is 0. The number of aliphatic hydroxyl groups is 1. The summed E-state index contributed by atoms with van der Waals surface area (Å²) in [6.07, 6.45) is 0. The van der Waals surface area contributed by atoms with Gasteiger partial charge in [-0.05, 0) is 37.6 Å². The smallest absolute Gasteiger partial charge is 0.231 e. The first-order chi connectivity index (χ1) is 9.42. The number of halogens is 1. The molecule has 0 aliphatic heterocycles. The van der Waals surface area contributed by atoms with Gasteiger partial charge in [0.05, 0.1) is 6.54 Å². The number of aliphatic hydroxyl groups excluding tert-OH is 1. The molecule has 0 unspecified atom stereocenters. The third kappa shape index (κ3) is 5.39. The van der Waals surface area contributed by atoms with Crippen LogP contribution in [-0.2, 0) is 11.3 Å². The van der Waals surface area contributed by atoms with Gasteiger partial charge in [-0.15, -0.1) is 0 Å². The number of amides is 1. The molecule has 0 fully saturated rings. The lowest BCUT2D eigenvalue weighted by atomic mass is 10.1. The van der Waals surface area contributed by atoms with Crippen LogP contribution in [0.1, 0.15) is 25.0 Å². The lowest BCUT2D eigenvalue weighted by molar-refractivity contribution is -0.119. The molecule has 5 heteroatoms. The molecular weight excluding hydrogens is 259 g/mol. The van der Waals surface area contributed by atoms with E-state index in [0.29, 0.717) is 17.7 Å². The minimum atomic E-state index is -0.421. The van der Waals surface area contributed by atoms with Crippen molar-refractivity contribution < 1.29 is 14.3 Å². The first-order valence-electron chi connectivity index (χ1n) is 6.34. The highest BCUT2D eigenvalue weighted by Gasteiger charge is 2.13. The molecule has 0 atom stereocenters. The van der Waals surface area contributed by atoms with E-state index >= 15 is 0 Å². The average Bonchev–Trinajstić information content (AvgIpc) is 2.34. The lowest BCUT2D eigenvalue weighted by Gasteiger charge is -2.25. The molecule has 1 aromatic rings. The molecule has 0 aliphatic rings. The summed E-state index contributed by atoms with van der Waals surface area (Å²) >= 11 is 0. The van der Waals surface area contributed by atoms with Crippen LogP contribution < -0.4 is 5.73 Å². The van der Waals surface area contributed by atoms with Crippen LogP contribution in [-0.4, -0.2) is 35.1 Å². The summed E-state index contributed by atoms with van der Waals surface area (Å²) in [5, 5.41) is 8.66. The van der Waals surface area contributed by atoms with Gasteiger partial charge in [-0.3, -0.25) is 9.69 Å². The summed E-state index contributed by atoms with van der Waals surface area (Å²) in [5.74, 6) is 4.33. The molecule has 0 aliphatic carbocycles. The number of carbonyl (C=O) groups excluding carboxylic acids is 1. The number of nitrogens with two attached hydrogens (primary N) is 1. The standard InChI is InChI=1S/C15H19FN2O2/c1-11(2)18(10-15(17)20)9-13-6-12(4-3-5-19)7-14(16)8-13/h6-8,11,19H,5,9-10H2,1-2H3,(H2,17,20). The van der Waals surface area contributed by atoms with Crippen LogP contribution in [0, 0.1) is 17.7 Å². The van der Waals surface area contributed by atoms with E-state index in [9.17, 15) is 9.18 Å². The average molecular weight is 278 g/mol. The van der Waals surface area contributed by atoms with E-state index in [1.807, 2.05) is 18.7 Å². The first kappa shape index (κ1) is 16.2. The Labute approximate surface area is 118 Å². The van der Waals surface area contributed by atoms with Gasteiger partial charge >= 0.3 is 0 Å². The van der Waals surface area contributed by atoms with Crippen molar-refractivity contribution in [3.63, 3.8) is 0 Å². The highest BCUT2D eigenvalue weighted by Crippen LogP contribution is 2.12. The molecule has 108 valence electrons. The number of nitrogens with zero attached hydrogens (tertiary/aromatic N) is 1. The Morgan fingerprint density at radius 3 is 2.70 bits per heavy atom. The molecule has 0 radical (unpaired) electrons. The number of rotatable bonds is 5. The van der Waals surface area contributed by atoms with E-state index < -0.39 is 11.7 Å². The Bertz CT molecular complexity index is 532. The van der Waals surface area contributed by atoms with Crippen molar-refractivity contribution in [2.24, 2.45) is 5.73 Å². The van der Waals surface area contributed by atoms with Gasteiger partial charge in [-0.1, -0.05) is 11.8 Å². The van der Waals surface area contributed by atoms with Gasteiger partial charge in [0.15, 0.2) is 0 Å². The molecule has 1 rings (SSSR count). The summed E-state index contributed by atoms with van der Waals surface area (Å²) in [4.78, 5) is 12.9. The Morgan fingerprint density at radius 2 is 2.15 bits per heavy atom. The second-order valence-corrected chi connectivity index (χ2v) is 4.77. The topological polar surface area (TPSA) is 66.6 Å². The quantitative estimate of drug-likeness (QED) is 0.785. The normalized spacial score (nSPS) is 10.5. The zero-order valence-electron chi connectivity index (χ0n) is 11.7. The van der Waals surface area contributed by atoms with Crippen molar-refractivity contribution in [3.8, 4) is 11.8 Å². The van der Waals surface area contributed by atoms with E-state index in [2.05, 4.69) is 11.8 Å². The predicted molar refractivity (Wildman–Crippen MR) is 75.1 cm³/mol. The van der Waals surface area contributed by atoms with E-state index in [4.69, 9.17) is 10.8 Å². The molecule has 20 heavy (non-hydrogen) atoms. The molecule has 4 nitrogen and oxygen atoms in total. The minimum absolute atomic E-state index is 0.109. The van der Waals surface area contributed by atoms with Gasteiger partial charge in [0.1, 0.15) is 12.4 Å². The summed E-state index contributed by atoms with van der Waals surface area (Å²) in [5.41, 5.74) is 6.41. The second kappa shape index (κ2) is 7.63. The Kier molecular flexibility index (Phi) is 6.16. The molecule has 0 saturated heterocycles. The zero-order chi connectivity index (χ0) is 15.1. The van der Waals surface area contributed by atoms with Crippen LogP contribution in [0.25, 0.3) is 0 Å².